The van der Waals surface area contributed by atoms with E-state index in [4.69, 9.17) is 10.00 Å². The fourth-order valence-corrected chi connectivity index (χ4v) is 3.73. The third-order valence-corrected chi connectivity index (χ3v) is 5.52. The molecule has 0 aromatic heterocycles. The Bertz CT molecular complexity index is 1070. The van der Waals surface area contributed by atoms with Gasteiger partial charge in [-0.2, -0.15) is 9.98 Å². The molecule has 2 aromatic carbocycles. The monoisotopic (exact) mass is 415 g/mol. The average Bonchev–Trinajstić information content (AvgIpc) is 2.68. The number of nitrogens with one attached hydrogen (secondary N) is 2. The number of amides is 1. The molecule has 9 heteroatoms. The van der Waals surface area contributed by atoms with Crippen molar-refractivity contribution in [3.05, 3.63) is 59.2 Å². The Balaban J connectivity index is 1.93. The highest BCUT2D eigenvalue weighted by Gasteiger charge is 2.22. The van der Waals surface area contributed by atoms with Crippen LogP contribution in [0.1, 0.15) is 23.6 Å². The van der Waals surface area contributed by atoms with Gasteiger partial charge in [0.25, 0.3) is 5.91 Å². The first-order valence-corrected chi connectivity index (χ1v) is 10.2. The molecule has 1 amide bonds. The zero-order valence-electron chi connectivity index (χ0n) is 16.2. The molecule has 0 saturated carbocycles. The second-order valence-corrected chi connectivity index (χ2v) is 8.14. The molecule has 0 fully saturated rings. The van der Waals surface area contributed by atoms with Gasteiger partial charge in [-0.1, -0.05) is 18.2 Å². The van der Waals surface area contributed by atoms with Crippen LogP contribution in [0.5, 0.6) is 0 Å². The van der Waals surface area contributed by atoms with Crippen molar-refractivity contribution in [3.63, 3.8) is 0 Å². The van der Waals surface area contributed by atoms with Gasteiger partial charge in [0.2, 0.25) is 10.0 Å². The van der Waals surface area contributed by atoms with Crippen LogP contribution < -0.4 is 10.0 Å². The van der Waals surface area contributed by atoms with Gasteiger partial charge in [-0.15, -0.1) is 0 Å². The summed E-state index contributed by atoms with van der Waals surface area (Å²) in [5.41, 5.74) is 2.06. The molecule has 152 valence electrons. The molecule has 2 rings (SSSR count). The zero-order chi connectivity index (χ0) is 21.6. The number of nitrogens with zero attached hydrogens (tertiary/aromatic N) is 1. The Labute approximate surface area is 169 Å². The van der Waals surface area contributed by atoms with E-state index in [-0.39, 0.29) is 4.90 Å². The van der Waals surface area contributed by atoms with Gasteiger partial charge in [0.15, 0.2) is 6.10 Å². The highest BCUT2D eigenvalue weighted by molar-refractivity contribution is 7.89. The average molecular weight is 415 g/mol. The third-order valence-electron chi connectivity index (χ3n) is 3.98. The summed E-state index contributed by atoms with van der Waals surface area (Å²) in [5.74, 6) is -1.50. The van der Waals surface area contributed by atoms with Crippen molar-refractivity contribution in [2.45, 2.75) is 31.8 Å². The van der Waals surface area contributed by atoms with Crippen LogP contribution in [0.4, 0.5) is 5.69 Å². The Morgan fingerprint density at radius 3 is 2.59 bits per heavy atom. The number of aryl methyl sites for hydroxylation is 2. The molecule has 0 unspecified atom stereocenters. The zero-order valence-corrected chi connectivity index (χ0v) is 17.0. The minimum Gasteiger partial charge on any atom is -0.452 e. The summed E-state index contributed by atoms with van der Waals surface area (Å²) in [4.78, 5) is 24.2. The standard InChI is InChI=1S/C20H21N3O5S/c1-13-7-8-14(2)18(9-13)29(26,27)22-12-19(24)28-15(3)20(25)23-17-6-4-5-16(10-17)11-21/h4-10,15,22H,12H2,1-3H3,(H,23,25)/t15-/m1/s1. The maximum Gasteiger partial charge on any atom is 0.321 e. The maximum atomic E-state index is 12.4. The largest absolute Gasteiger partial charge is 0.452 e. The molecule has 0 radical (unpaired) electrons. The van der Waals surface area contributed by atoms with Crippen molar-refractivity contribution in [2.75, 3.05) is 11.9 Å². The van der Waals surface area contributed by atoms with Gasteiger partial charge in [0.1, 0.15) is 6.54 Å². The molecule has 0 aliphatic rings. The summed E-state index contributed by atoms with van der Waals surface area (Å²) < 4.78 is 32.0. The highest BCUT2D eigenvalue weighted by atomic mass is 32.2. The molecule has 8 nitrogen and oxygen atoms in total. The number of hydrogen-bond donors (Lipinski definition) is 2. The van der Waals surface area contributed by atoms with Crippen LogP contribution in [0.25, 0.3) is 0 Å². The summed E-state index contributed by atoms with van der Waals surface area (Å²) in [6, 6.07) is 13.2. The highest BCUT2D eigenvalue weighted by Crippen LogP contribution is 2.16. The topological polar surface area (TPSA) is 125 Å². The number of carbonyl (C=O) groups excluding carboxylic acids is 2. The summed E-state index contributed by atoms with van der Waals surface area (Å²) in [5, 5.41) is 11.4. The summed E-state index contributed by atoms with van der Waals surface area (Å²) >= 11 is 0. The lowest BCUT2D eigenvalue weighted by Gasteiger charge is -2.14. The Morgan fingerprint density at radius 1 is 1.17 bits per heavy atom. The summed E-state index contributed by atoms with van der Waals surface area (Å²) in [7, 11) is -3.90. The second-order valence-electron chi connectivity index (χ2n) is 6.41. The van der Waals surface area contributed by atoms with E-state index in [0.717, 1.165) is 5.56 Å². The van der Waals surface area contributed by atoms with E-state index < -0.39 is 34.5 Å². The van der Waals surface area contributed by atoms with Crippen molar-refractivity contribution in [3.8, 4) is 6.07 Å². The van der Waals surface area contributed by atoms with E-state index in [1.54, 1.807) is 44.2 Å². The summed E-state index contributed by atoms with van der Waals surface area (Å²) in [6.45, 7) is 4.16. The van der Waals surface area contributed by atoms with Gasteiger partial charge in [-0.3, -0.25) is 9.59 Å². The molecule has 0 bridgehead atoms. The number of ether oxygens (including phenoxy) is 1. The SMILES string of the molecule is Cc1ccc(C)c(S(=O)(=O)NCC(=O)O[C@H](C)C(=O)Nc2cccc(C#N)c2)c1. The lowest BCUT2D eigenvalue weighted by atomic mass is 10.2. The number of sulfonamides is 1. The van der Waals surface area contributed by atoms with Gasteiger partial charge >= 0.3 is 5.97 Å². The minimum atomic E-state index is -3.90. The number of benzene rings is 2. The van der Waals surface area contributed by atoms with Crippen molar-refractivity contribution in [1.29, 1.82) is 5.26 Å². The number of carbonyl (C=O) groups is 2. The molecule has 1 atom stereocenters. The Morgan fingerprint density at radius 2 is 1.90 bits per heavy atom. The number of rotatable bonds is 7. The van der Waals surface area contributed by atoms with Crippen LogP contribution in [-0.2, 0) is 24.3 Å². The lowest BCUT2D eigenvalue weighted by molar-refractivity contribution is -0.151. The molecule has 0 aliphatic heterocycles. The normalized spacial score (nSPS) is 11.9. The third kappa shape index (κ3) is 6.14. The summed E-state index contributed by atoms with van der Waals surface area (Å²) in [6.07, 6.45) is -1.15. The molecule has 2 aromatic rings. The first-order valence-electron chi connectivity index (χ1n) is 8.70. The minimum absolute atomic E-state index is 0.0773. The van der Waals surface area contributed by atoms with E-state index in [1.165, 1.54) is 19.1 Å². The molecule has 0 aliphatic carbocycles. The van der Waals surface area contributed by atoms with Gasteiger partial charge in [-0.25, -0.2) is 8.42 Å². The number of hydrogen-bond acceptors (Lipinski definition) is 6. The number of nitriles is 1. The van der Waals surface area contributed by atoms with Crippen LogP contribution >= 0.6 is 0 Å². The van der Waals surface area contributed by atoms with E-state index in [9.17, 15) is 18.0 Å². The Hall–Kier alpha value is -3.22. The van der Waals surface area contributed by atoms with Crippen LogP contribution in [0.2, 0.25) is 0 Å². The smallest absolute Gasteiger partial charge is 0.321 e. The van der Waals surface area contributed by atoms with E-state index in [2.05, 4.69) is 10.0 Å². The Kier molecular flexibility index (Phi) is 7.09. The van der Waals surface area contributed by atoms with E-state index in [1.807, 2.05) is 6.07 Å². The maximum absolute atomic E-state index is 12.4. The van der Waals surface area contributed by atoms with E-state index >= 15 is 0 Å². The van der Waals surface area contributed by atoms with Crippen LogP contribution in [0, 0.1) is 25.2 Å². The predicted octanol–water partition coefficient (Wildman–Crippen LogP) is 2.02. The molecule has 0 saturated heterocycles. The second kappa shape index (κ2) is 9.32. The fourth-order valence-electron chi connectivity index (χ4n) is 2.43. The van der Waals surface area contributed by atoms with Crippen LogP contribution in [0.3, 0.4) is 0 Å². The van der Waals surface area contributed by atoms with Gasteiger partial charge in [0, 0.05) is 5.69 Å². The van der Waals surface area contributed by atoms with Gasteiger partial charge < -0.3 is 10.1 Å². The predicted molar refractivity (Wildman–Crippen MR) is 106 cm³/mol. The lowest BCUT2D eigenvalue weighted by Crippen LogP contribution is -2.36. The fraction of sp³-hybridized carbons (Fsp3) is 0.250. The van der Waals surface area contributed by atoms with Crippen molar-refractivity contribution in [1.82, 2.24) is 4.72 Å². The van der Waals surface area contributed by atoms with Gasteiger partial charge in [0.05, 0.1) is 16.5 Å². The van der Waals surface area contributed by atoms with Gasteiger partial charge in [-0.05, 0) is 56.2 Å². The first kappa shape index (κ1) is 22.1. The number of esters is 1. The molecular formula is C20H21N3O5S. The quantitative estimate of drug-likeness (QED) is 0.667. The van der Waals surface area contributed by atoms with Crippen molar-refractivity contribution < 1.29 is 22.7 Å². The molecule has 0 spiro atoms. The van der Waals surface area contributed by atoms with Crippen molar-refractivity contribution in [2.24, 2.45) is 0 Å². The number of anilines is 1. The van der Waals surface area contributed by atoms with Crippen molar-refractivity contribution >= 4 is 27.6 Å². The molecular weight excluding hydrogens is 394 g/mol. The van der Waals surface area contributed by atoms with Crippen LogP contribution in [-0.4, -0.2) is 32.9 Å². The van der Waals surface area contributed by atoms with Crippen LogP contribution in [0.15, 0.2) is 47.4 Å². The first-order chi connectivity index (χ1) is 13.6. The molecule has 0 heterocycles. The van der Waals surface area contributed by atoms with E-state index in [0.29, 0.717) is 16.8 Å². The molecule has 2 N–H and O–H groups in total. The molecule has 29 heavy (non-hydrogen) atoms.